The van der Waals surface area contributed by atoms with Crippen LogP contribution in [0.4, 0.5) is 16.2 Å². The van der Waals surface area contributed by atoms with E-state index in [1.807, 2.05) is 45.8 Å². The third-order valence-electron chi connectivity index (χ3n) is 6.01. The van der Waals surface area contributed by atoms with Crippen molar-refractivity contribution in [3.63, 3.8) is 0 Å². The number of carbonyl (C=O) groups excluding carboxylic acids is 3. The maximum absolute atomic E-state index is 13.0. The summed E-state index contributed by atoms with van der Waals surface area (Å²) in [5.74, 6) is -0.231. The summed E-state index contributed by atoms with van der Waals surface area (Å²) in [7, 11) is 3.99. The molecule has 2 aromatic carbocycles. The Bertz CT molecular complexity index is 1360. The van der Waals surface area contributed by atoms with Gasteiger partial charge in [0.15, 0.2) is 0 Å². The Morgan fingerprint density at radius 1 is 1.05 bits per heavy atom. The molecular weight excluding hydrogens is 488 g/mol. The van der Waals surface area contributed by atoms with Gasteiger partial charge in [-0.1, -0.05) is 0 Å². The second-order valence-electron chi connectivity index (χ2n) is 8.85. The van der Waals surface area contributed by atoms with Gasteiger partial charge in [-0.3, -0.25) is 19.3 Å². The molecule has 1 aromatic heterocycles. The molecule has 4 rings (SSSR count). The van der Waals surface area contributed by atoms with Gasteiger partial charge in [-0.2, -0.15) is 0 Å². The highest BCUT2D eigenvalue weighted by atomic mass is 32.2. The molecule has 1 fully saturated rings. The van der Waals surface area contributed by atoms with E-state index in [1.165, 1.54) is 0 Å². The highest BCUT2D eigenvalue weighted by Crippen LogP contribution is 2.34. The predicted molar refractivity (Wildman–Crippen MR) is 148 cm³/mol. The van der Waals surface area contributed by atoms with Gasteiger partial charge >= 0.3 is 0 Å². The second-order valence-corrected chi connectivity index (χ2v) is 9.84. The number of ether oxygens (including phenoxy) is 1. The molecule has 8 nitrogen and oxygen atoms in total. The van der Waals surface area contributed by atoms with E-state index in [0.29, 0.717) is 22.9 Å². The fraction of sp³-hybridized carbons (Fsp3) is 0.250. The van der Waals surface area contributed by atoms with E-state index in [1.54, 1.807) is 30.3 Å². The first-order valence-corrected chi connectivity index (χ1v) is 12.7. The van der Waals surface area contributed by atoms with Gasteiger partial charge < -0.3 is 19.5 Å². The topological polar surface area (TPSA) is 83.9 Å². The first-order valence-electron chi connectivity index (χ1n) is 11.9. The molecule has 9 heteroatoms. The number of nitrogens with one attached hydrogen (secondary N) is 1. The third kappa shape index (κ3) is 5.72. The van der Waals surface area contributed by atoms with E-state index in [9.17, 15) is 14.4 Å². The number of nitrogens with zero attached hydrogens (tertiary/aromatic N) is 3. The molecule has 192 valence electrons. The van der Waals surface area contributed by atoms with Crippen LogP contribution in [-0.4, -0.2) is 53.8 Å². The summed E-state index contributed by atoms with van der Waals surface area (Å²) in [6, 6.07) is 17.1. The Labute approximate surface area is 220 Å². The number of hydrogen-bond donors (Lipinski definition) is 1. The van der Waals surface area contributed by atoms with Crippen molar-refractivity contribution < 1.29 is 19.1 Å². The summed E-state index contributed by atoms with van der Waals surface area (Å²) in [5.41, 5.74) is 5.48. The summed E-state index contributed by atoms with van der Waals surface area (Å²) < 4.78 is 7.51. The summed E-state index contributed by atoms with van der Waals surface area (Å²) >= 11 is 0.844. The van der Waals surface area contributed by atoms with Gasteiger partial charge in [0.05, 0.1) is 11.5 Å². The van der Waals surface area contributed by atoms with Gasteiger partial charge in [0.2, 0.25) is 5.91 Å². The van der Waals surface area contributed by atoms with Crippen molar-refractivity contribution in [2.75, 3.05) is 37.5 Å². The smallest absolute Gasteiger partial charge is 0.294 e. The molecule has 0 atom stereocenters. The summed E-state index contributed by atoms with van der Waals surface area (Å²) in [6.45, 7) is 6.06. The predicted octanol–water partition coefficient (Wildman–Crippen LogP) is 5.23. The van der Waals surface area contributed by atoms with Crippen LogP contribution in [0.1, 0.15) is 23.9 Å². The van der Waals surface area contributed by atoms with Gasteiger partial charge in [0.25, 0.3) is 11.1 Å². The molecule has 1 aliphatic heterocycles. The highest BCUT2D eigenvalue weighted by molar-refractivity contribution is 8.18. The van der Waals surface area contributed by atoms with Crippen LogP contribution in [0.3, 0.4) is 0 Å². The van der Waals surface area contributed by atoms with Crippen LogP contribution in [0, 0.1) is 13.8 Å². The maximum Gasteiger partial charge on any atom is 0.294 e. The van der Waals surface area contributed by atoms with Crippen molar-refractivity contribution in [1.82, 2.24) is 9.47 Å². The number of thioether (sulfide) groups is 1. The lowest BCUT2D eigenvalue weighted by Crippen LogP contribution is -2.36. The average Bonchev–Trinajstić information content (AvgIpc) is 3.29. The number of anilines is 2. The lowest BCUT2D eigenvalue weighted by molar-refractivity contribution is -0.127. The number of hydrogen-bond acceptors (Lipinski definition) is 6. The van der Waals surface area contributed by atoms with E-state index in [0.717, 1.165) is 45.0 Å². The molecule has 0 saturated carbocycles. The van der Waals surface area contributed by atoms with Crippen LogP contribution in [0.15, 0.2) is 59.5 Å². The normalized spacial score (nSPS) is 14.4. The Kier molecular flexibility index (Phi) is 7.73. The summed E-state index contributed by atoms with van der Waals surface area (Å²) in [6.07, 6.45) is 1.72. The number of carbonyl (C=O) groups is 3. The van der Waals surface area contributed by atoms with Gasteiger partial charge in [0.1, 0.15) is 12.3 Å². The van der Waals surface area contributed by atoms with E-state index in [-0.39, 0.29) is 6.54 Å². The fourth-order valence-electron chi connectivity index (χ4n) is 4.15. The van der Waals surface area contributed by atoms with Crippen molar-refractivity contribution in [2.24, 2.45) is 0 Å². The summed E-state index contributed by atoms with van der Waals surface area (Å²) in [5, 5.41) is 2.25. The van der Waals surface area contributed by atoms with Crippen LogP contribution < -0.4 is 15.0 Å². The summed E-state index contributed by atoms with van der Waals surface area (Å²) in [4.78, 5) is 41.4. The van der Waals surface area contributed by atoms with Gasteiger partial charge in [-0.05, 0) is 98.8 Å². The minimum absolute atomic E-state index is 0.294. The molecule has 0 bridgehead atoms. The van der Waals surface area contributed by atoms with Crippen LogP contribution >= 0.6 is 11.8 Å². The molecule has 3 amide bonds. The van der Waals surface area contributed by atoms with E-state index in [2.05, 4.69) is 34.1 Å². The molecule has 0 spiro atoms. The second kappa shape index (κ2) is 11.0. The lowest BCUT2D eigenvalue weighted by Gasteiger charge is -2.15. The van der Waals surface area contributed by atoms with Crippen molar-refractivity contribution in [2.45, 2.75) is 20.8 Å². The fourth-order valence-corrected chi connectivity index (χ4v) is 4.98. The van der Waals surface area contributed by atoms with E-state index in [4.69, 9.17) is 4.74 Å². The number of aryl methyl sites for hydroxylation is 1. The van der Waals surface area contributed by atoms with Gasteiger partial charge in [-0.25, -0.2) is 0 Å². The Morgan fingerprint density at radius 3 is 2.35 bits per heavy atom. The van der Waals surface area contributed by atoms with Crippen molar-refractivity contribution in [3.05, 3.63) is 76.5 Å². The zero-order chi connectivity index (χ0) is 26.7. The molecule has 1 saturated heterocycles. The van der Waals surface area contributed by atoms with Gasteiger partial charge in [0, 0.05) is 42.5 Å². The first-order chi connectivity index (χ1) is 17.7. The number of aromatic nitrogens is 1. The molecule has 0 unspecified atom stereocenters. The molecule has 37 heavy (non-hydrogen) atoms. The minimum atomic E-state index is -0.475. The number of benzene rings is 2. The minimum Gasteiger partial charge on any atom is -0.494 e. The number of amides is 3. The zero-order valence-corrected chi connectivity index (χ0v) is 22.4. The SMILES string of the molecule is CCOc1ccc(NC(=O)CN2C(=O)S/C(=C/c3cc(C)n(-c4ccc(N(C)C)cc4)c3C)C2=O)cc1. The van der Waals surface area contributed by atoms with Crippen LogP contribution in [0.5, 0.6) is 5.75 Å². The van der Waals surface area contributed by atoms with Crippen molar-refractivity contribution in [1.29, 1.82) is 0 Å². The molecule has 1 N–H and O–H groups in total. The number of rotatable bonds is 8. The quantitative estimate of drug-likeness (QED) is 0.411. The highest BCUT2D eigenvalue weighted by Gasteiger charge is 2.36. The van der Waals surface area contributed by atoms with E-state index < -0.39 is 17.1 Å². The molecular formula is C28H30N4O4S. The Balaban J connectivity index is 1.48. The standard InChI is InChI=1S/C28H30N4O4S/c1-6-36-24-13-7-21(8-14-24)29-26(33)17-31-27(34)25(37-28(31)35)16-20-15-18(2)32(19(20)3)23-11-9-22(10-12-23)30(4)5/h7-16H,6,17H2,1-5H3,(H,29,33)/b25-16+. The van der Waals surface area contributed by atoms with Crippen molar-refractivity contribution >= 4 is 46.3 Å². The first kappa shape index (κ1) is 26.1. The third-order valence-corrected chi connectivity index (χ3v) is 6.91. The van der Waals surface area contributed by atoms with Crippen LogP contribution in [-0.2, 0) is 9.59 Å². The molecule has 1 aliphatic rings. The molecule has 0 aliphatic carbocycles. The Morgan fingerprint density at radius 2 is 1.73 bits per heavy atom. The molecule has 2 heterocycles. The zero-order valence-electron chi connectivity index (χ0n) is 21.6. The van der Waals surface area contributed by atoms with Gasteiger partial charge in [-0.15, -0.1) is 0 Å². The lowest BCUT2D eigenvalue weighted by atomic mass is 10.2. The van der Waals surface area contributed by atoms with Crippen LogP contribution in [0.2, 0.25) is 0 Å². The van der Waals surface area contributed by atoms with Crippen molar-refractivity contribution in [3.8, 4) is 11.4 Å². The monoisotopic (exact) mass is 518 g/mol. The van der Waals surface area contributed by atoms with Crippen LogP contribution in [0.25, 0.3) is 11.8 Å². The average molecular weight is 519 g/mol. The molecule has 0 radical (unpaired) electrons. The molecule has 3 aromatic rings. The largest absolute Gasteiger partial charge is 0.494 e. The van der Waals surface area contributed by atoms with E-state index >= 15 is 0 Å². The Hall–Kier alpha value is -3.98. The number of imide groups is 1. The maximum atomic E-state index is 13.0.